The summed E-state index contributed by atoms with van der Waals surface area (Å²) in [7, 11) is 1.70. The van der Waals surface area contributed by atoms with Crippen LogP contribution in [0, 0.1) is 5.82 Å². The number of guanidine groups is 1. The van der Waals surface area contributed by atoms with Gasteiger partial charge in [-0.25, -0.2) is 9.37 Å². The molecule has 0 saturated carbocycles. The molecular formula is C19H24FN5. The van der Waals surface area contributed by atoms with Gasteiger partial charge in [0.1, 0.15) is 11.6 Å². The molecule has 0 atom stereocenters. The van der Waals surface area contributed by atoms with Gasteiger partial charge in [0.05, 0.1) is 0 Å². The Morgan fingerprint density at radius 3 is 2.56 bits per heavy atom. The van der Waals surface area contributed by atoms with Gasteiger partial charge in [-0.1, -0.05) is 24.3 Å². The summed E-state index contributed by atoms with van der Waals surface area (Å²) in [5, 5.41) is 6.35. The van der Waals surface area contributed by atoms with Crippen LogP contribution < -0.4 is 15.5 Å². The highest BCUT2D eigenvalue weighted by molar-refractivity contribution is 5.79. The number of nitrogens with one attached hydrogen (secondary N) is 2. The van der Waals surface area contributed by atoms with E-state index < -0.39 is 0 Å². The number of nitrogens with zero attached hydrogens (tertiary/aromatic N) is 3. The standard InChI is InChI=1S/C19H24FN5/c1-21-19(24-14-16-6-2-3-7-17(16)20)23-13-15-8-9-18(22-12-15)25-10-4-5-11-25/h2-3,6-9,12H,4-5,10-11,13-14H2,1H3,(H2,21,23,24). The molecule has 25 heavy (non-hydrogen) atoms. The smallest absolute Gasteiger partial charge is 0.191 e. The highest BCUT2D eigenvalue weighted by atomic mass is 19.1. The number of aromatic nitrogens is 1. The second kappa shape index (κ2) is 8.46. The largest absolute Gasteiger partial charge is 0.357 e. The van der Waals surface area contributed by atoms with Crippen LogP contribution >= 0.6 is 0 Å². The summed E-state index contributed by atoms with van der Waals surface area (Å²) >= 11 is 0. The number of anilines is 1. The number of hydrogen-bond donors (Lipinski definition) is 2. The Bertz CT molecular complexity index is 708. The maximum atomic E-state index is 13.6. The molecule has 0 bridgehead atoms. The topological polar surface area (TPSA) is 52.6 Å². The average molecular weight is 341 g/mol. The molecule has 0 unspecified atom stereocenters. The fraction of sp³-hybridized carbons (Fsp3) is 0.368. The molecule has 1 saturated heterocycles. The Kier molecular flexibility index (Phi) is 5.82. The maximum Gasteiger partial charge on any atom is 0.191 e. The van der Waals surface area contributed by atoms with Gasteiger partial charge in [-0.15, -0.1) is 0 Å². The van der Waals surface area contributed by atoms with Gasteiger partial charge in [0.25, 0.3) is 0 Å². The lowest BCUT2D eigenvalue weighted by Crippen LogP contribution is -2.36. The minimum Gasteiger partial charge on any atom is -0.357 e. The molecule has 6 heteroatoms. The third-order valence-corrected chi connectivity index (χ3v) is 4.33. The van der Waals surface area contributed by atoms with E-state index in [1.807, 2.05) is 12.3 Å². The molecule has 1 aromatic heterocycles. The van der Waals surface area contributed by atoms with Crippen molar-refractivity contribution >= 4 is 11.8 Å². The zero-order valence-corrected chi connectivity index (χ0v) is 14.5. The Labute approximate surface area is 148 Å². The van der Waals surface area contributed by atoms with E-state index in [0.717, 1.165) is 24.5 Å². The normalized spacial score (nSPS) is 14.6. The van der Waals surface area contributed by atoms with E-state index in [1.54, 1.807) is 19.2 Å². The lowest BCUT2D eigenvalue weighted by atomic mass is 10.2. The van der Waals surface area contributed by atoms with Crippen molar-refractivity contribution in [1.29, 1.82) is 0 Å². The summed E-state index contributed by atoms with van der Waals surface area (Å²) in [5.41, 5.74) is 1.69. The minimum absolute atomic E-state index is 0.216. The fourth-order valence-corrected chi connectivity index (χ4v) is 2.88. The number of hydrogen-bond acceptors (Lipinski definition) is 3. The highest BCUT2D eigenvalue weighted by Gasteiger charge is 2.13. The molecule has 0 aliphatic carbocycles. The zero-order valence-electron chi connectivity index (χ0n) is 14.5. The maximum absolute atomic E-state index is 13.6. The first-order valence-electron chi connectivity index (χ1n) is 8.64. The molecule has 132 valence electrons. The van der Waals surface area contributed by atoms with Crippen LogP contribution in [0.2, 0.25) is 0 Å². The summed E-state index contributed by atoms with van der Waals surface area (Å²) < 4.78 is 13.6. The van der Waals surface area contributed by atoms with Gasteiger partial charge in [0, 0.05) is 45.0 Å². The van der Waals surface area contributed by atoms with E-state index in [1.165, 1.54) is 18.9 Å². The van der Waals surface area contributed by atoms with Crippen LogP contribution in [0.25, 0.3) is 0 Å². The molecule has 1 aliphatic heterocycles. The molecule has 0 spiro atoms. The van der Waals surface area contributed by atoms with E-state index in [4.69, 9.17) is 0 Å². The van der Waals surface area contributed by atoms with Crippen LogP contribution in [0.4, 0.5) is 10.2 Å². The number of rotatable bonds is 5. The molecule has 1 aliphatic rings. The average Bonchev–Trinajstić information content (AvgIpc) is 3.18. The Morgan fingerprint density at radius 1 is 1.12 bits per heavy atom. The summed E-state index contributed by atoms with van der Waals surface area (Å²) in [6, 6.07) is 10.9. The van der Waals surface area contributed by atoms with Crippen LogP contribution in [0.5, 0.6) is 0 Å². The minimum atomic E-state index is -0.216. The molecule has 2 aromatic rings. The number of aliphatic imine (C=N–C) groups is 1. The van der Waals surface area contributed by atoms with Crippen molar-refractivity contribution in [2.45, 2.75) is 25.9 Å². The van der Waals surface area contributed by atoms with Gasteiger partial charge >= 0.3 is 0 Å². The van der Waals surface area contributed by atoms with Gasteiger partial charge in [0.15, 0.2) is 5.96 Å². The lowest BCUT2D eigenvalue weighted by Gasteiger charge is -2.16. The van der Waals surface area contributed by atoms with Crippen LogP contribution in [0.1, 0.15) is 24.0 Å². The second-order valence-corrected chi connectivity index (χ2v) is 6.09. The molecule has 2 heterocycles. The first-order chi connectivity index (χ1) is 12.3. The van der Waals surface area contributed by atoms with Gasteiger partial charge < -0.3 is 15.5 Å². The molecule has 0 radical (unpaired) electrons. The van der Waals surface area contributed by atoms with Gasteiger partial charge in [-0.3, -0.25) is 4.99 Å². The van der Waals surface area contributed by atoms with E-state index in [2.05, 4.69) is 37.6 Å². The van der Waals surface area contributed by atoms with Crippen LogP contribution in [-0.2, 0) is 13.1 Å². The molecule has 0 amide bonds. The summed E-state index contributed by atoms with van der Waals surface area (Å²) in [4.78, 5) is 11.0. The van der Waals surface area contributed by atoms with Crippen molar-refractivity contribution in [2.24, 2.45) is 4.99 Å². The van der Waals surface area contributed by atoms with Crippen molar-refractivity contribution < 1.29 is 4.39 Å². The van der Waals surface area contributed by atoms with E-state index in [-0.39, 0.29) is 5.82 Å². The monoisotopic (exact) mass is 341 g/mol. The second-order valence-electron chi connectivity index (χ2n) is 6.09. The quantitative estimate of drug-likeness (QED) is 0.648. The zero-order chi connectivity index (χ0) is 17.5. The molecule has 5 nitrogen and oxygen atoms in total. The van der Waals surface area contributed by atoms with Gasteiger partial charge in [-0.2, -0.15) is 0 Å². The molecule has 1 fully saturated rings. The van der Waals surface area contributed by atoms with Crippen molar-refractivity contribution in [3.05, 3.63) is 59.5 Å². The summed E-state index contributed by atoms with van der Waals surface area (Å²) in [6.07, 6.45) is 4.38. The Hall–Kier alpha value is -2.63. The highest BCUT2D eigenvalue weighted by Crippen LogP contribution is 2.17. The predicted molar refractivity (Wildman–Crippen MR) is 99.1 cm³/mol. The van der Waals surface area contributed by atoms with Gasteiger partial charge in [0.2, 0.25) is 0 Å². The first kappa shape index (κ1) is 17.2. The van der Waals surface area contributed by atoms with Crippen LogP contribution in [-0.4, -0.2) is 31.1 Å². The molecular weight excluding hydrogens is 317 g/mol. The van der Waals surface area contributed by atoms with Crippen molar-refractivity contribution in [1.82, 2.24) is 15.6 Å². The third-order valence-electron chi connectivity index (χ3n) is 4.33. The third kappa shape index (κ3) is 4.68. The Morgan fingerprint density at radius 2 is 1.88 bits per heavy atom. The van der Waals surface area contributed by atoms with Crippen LogP contribution in [0.15, 0.2) is 47.6 Å². The molecule has 3 rings (SSSR count). The van der Waals surface area contributed by atoms with Crippen molar-refractivity contribution in [2.75, 3.05) is 25.0 Å². The number of pyridine rings is 1. The predicted octanol–water partition coefficient (Wildman–Crippen LogP) is 2.69. The van der Waals surface area contributed by atoms with Crippen LogP contribution in [0.3, 0.4) is 0 Å². The SMILES string of the molecule is CN=C(NCc1ccc(N2CCCC2)nc1)NCc1ccccc1F. The van der Waals surface area contributed by atoms with E-state index in [0.29, 0.717) is 24.6 Å². The number of halogens is 1. The Balaban J connectivity index is 1.50. The summed E-state index contributed by atoms with van der Waals surface area (Å²) in [5.74, 6) is 1.46. The first-order valence-corrected chi connectivity index (χ1v) is 8.64. The van der Waals surface area contributed by atoms with Gasteiger partial charge in [-0.05, 0) is 30.5 Å². The van der Waals surface area contributed by atoms with Crippen molar-refractivity contribution in [3.8, 4) is 0 Å². The van der Waals surface area contributed by atoms with E-state index >= 15 is 0 Å². The fourth-order valence-electron chi connectivity index (χ4n) is 2.88. The molecule has 2 N–H and O–H groups in total. The lowest BCUT2D eigenvalue weighted by molar-refractivity contribution is 0.604. The van der Waals surface area contributed by atoms with Crippen molar-refractivity contribution in [3.63, 3.8) is 0 Å². The summed E-state index contributed by atoms with van der Waals surface area (Å²) in [6.45, 7) is 3.19. The van der Waals surface area contributed by atoms with E-state index in [9.17, 15) is 4.39 Å². The number of benzene rings is 1. The molecule has 1 aromatic carbocycles.